The maximum atomic E-state index is 11.9. The van der Waals surface area contributed by atoms with Crippen molar-refractivity contribution in [1.29, 1.82) is 0 Å². The summed E-state index contributed by atoms with van der Waals surface area (Å²) in [5.41, 5.74) is 0.849. The lowest BCUT2D eigenvalue weighted by molar-refractivity contribution is -0.143. The van der Waals surface area contributed by atoms with Crippen LogP contribution in [-0.4, -0.2) is 27.6 Å². The molecule has 0 aliphatic rings. The van der Waals surface area contributed by atoms with Crippen LogP contribution >= 0.6 is 0 Å². The Bertz CT molecular complexity index is 595. The van der Waals surface area contributed by atoms with E-state index < -0.39 is 12.0 Å². The molecule has 1 rings (SSSR count). The molecule has 2 N–H and O–H groups in total. The zero-order valence-electron chi connectivity index (χ0n) is 14.0. The highest BCUT2D eigenvalue weighted by Gasteiger charge is 2.24. The van der Waals surface area contributed by atoms with E-state index in [1.54, 1.807) is 10.6 Å². The Morgan fingerprint density at radius 1 is 1.30 bits per heavy atom. The molecule has 2 unspecified atom stereocenters. The van der Waals surface area contributed by atoms with E-state index in [2.05, 4.69) is 5.32 Å². The van der Waals surface area contributed by atoms with Gasteiger partial charge in [0.15, 0.2) is 0 Å². The number of carboxylic acid groups (broad SMARTS) is 1. The predicted molar refractivity (Wildman–Crippen MR) is 88.3 cm³/mol. The molecule has 23 heavy (non-hydrogen) atoms. The van der Waals surface area contributed by atoms with Crippen LogP contribution in [0.25, 0.3) is 0 Å². The van der Waals surface area contributed by atoms with Crippen molar-refractivity contribution in [3.63, 3.8) is 0 Å². The highest BCUT2D eigenvalue weighted by atomic mass is 16.4. The topological polar surface area (TPSA) is 88.4 Å². The molecule has 0 saturated heterocycles. The van der Waals surface area contributed by atoms with Crippen LogP contribution in [0, 0.1) is 12.8 Å². The van der Waals surface area contributed by atoms with E-state index in [1.165, 1.54) is 6.07 Å². The molecule has 0 aromatic carbocycles. The molecule has 0 aliphatic carbocycles. The van der Waals surface area contributed by atoms with E-state index in [1.807, 2.05) is 26.8 Å². The molecule has 6 heteroatoms. The fraction of sp³-hybridized carbons (Fsp3) is 0.588. The molecule has 0 bridgehead atoms. The highest BCUT2D eigenvalue weighted by molar-refractivity contribution is 5.83. The third-order valence-corrected chi connectivity index (χ3v) is 4.10. The lowest BCUT2D eigenvalue weighted by Gasteiger charge is -2.20. The molecule has 1 amide bonds. The van der Waals surface area contributed by atoms with Gasteiger partial charge in [-0.15, -0.1) is 0 Å². The van der Waals surface area contributed by atoms with Gasteiger partial charge in [0.05, 0.1) is 0 Å². The second-order valence-electron chi connectivity index (χ2n) is 5.88. The van der Waals surface area contributed by atoms with Gasteiger partial charge >= 0.3 is 5.97 Å². The minimum atomic E-state index is -1.00. The van der Waals surface area contributed by atoms with Crippen molar-refractivity contribution in [3.05, 3.63) is 34.2 Å². The lowest BCUT2D eigenvalue weighted by Crippen LogP contribution is -2.44. The molecular formula is C17H26N2O4. The molecule has 0 radical (unpaired) electrons. The van der Waals surface area contributed by atoms with E-state index in [0.29, 0.717) is 25.8 Å². The summed E-state index contributed by atoms with van der Waals surface area (Å²) in [7, 11) is 0. The number of carboxylic acids is 1. The minimum Gasteiger partial charge on any atom is -0.480 e. The van der Waals surface area contributed by atoms with Crippen molar-refractivity contribution in [2.24, 2.45) is 5.92 Å². The van der Waals surface area contributed by atoms with Crippen LogP contribution in [0.5, 0.6) is 0 Å². The standard InChI is InChI=1S/C17H26N2O4/c1-4-12(2)16(17(22)23)18-14(20)9-5-6-11-19-13(3)8-7-10-15(19)21/h7-8,10,12,16H,4-6,9,11H2,1-3H3,(H,18,20)(H,22,23). The smallest absolute Gasteiger partial charge is 0.326 e. The van der Waals surface area contributed by atoms with Crippen molar-refractivity contribution in [2.45, 2.75) is 59.0 Å². The SMILES string of the molecule is CCC(C)C(NC(=O)CCCCn1c(C)cccc1=O)C(=O)O. The van der Waals surface area contributed by atoms with Gasteiger partial charge in [-0.25, -0.2) is 4.79 Å². The quantitative estimate of drug-likeness (QED) is 0.680. The molecule has 0 aliphatic heterocycles. The van der Waals surface area contributed by atoms with Crippen LogP contribution in [0.3, 0.4) is 0 Å². The van der Waals surface area contributed by atoms with Gasteiger partial charge in [0.1, 0.15) is 6.04 Å². The second-order valence-corrected chi connectivity index (χ2v) is 5.88. The summed E-state index contributed by atoms with van der Waals surface area (Å²) >= 11 is 0. The van der Waals surface area contributed by atoms with E-state index >= 15 is 0 Å². The fourth-order valence-electron chi connectivity index (χ4n) is 2.39. The first-order valence-corrected chi connectivity index (χ1v) is 8.05. The van der Waals surface area contributed by atoms with Gasteiger partial charge < -0.3 is 15.0 Å². The zero-order chi connectivity index (χ0) is 17.4. The second kappa shape index (κ2) is 9.12. The average Bonchev–Trinajstić information content (AvgIpc) is 2.50. The molecule has 128 valence electrons. The number of aryl methyl sites for hydroxylation is 1. The summed E-state index contributed by atoms with van der Waals surface area (Å²) in [6.07, 6.45) is 2.26. The maximum Gasteiger partial charge on any atom is 0.326 e. The van der Waals surface area contributed by atoms with Crippen LogP contribution in [0.4, 0.5) is 0 Å². The van der Waals surface area contributed by atoms with Gasteiger partial charge in [0, 0.05) is 24.7 Å². The Labute approximate surface area is 136 Å². The van der Waals surface area contributed by atoms with Gasteiger partial charge in [-0.05, 0) is 31.7 Å². The normalized spacial score (nSPS) is 13.3. The van der Waals surface area contributed by atoms with Gasteiger partial charge in [-0.3, -0.25) is 9.59 Å². The Balaban J connectivity index is 2.42. The van der Waals surface area contributed by atoms with Crippen molar-refractivity contribution >= 4 is 11.9 Å². The molecule has 1 heterocycles. The number of rotatable bonds is 9. The minimum absolute atomic E-state index is 0.0443. The Hall–Kier alpha value is -2.11. The number of hydrogen-bond acceptors (Lipinski definition) is 3. The number of carbonyl (C=O) groups excluding carboxylic acids is 1. The molecular weight excluding hydrogens is 296 g/mol. The van der Waals surface area contributed by atoms with E-state index in [0.717, 1.165) is 5.69 Å². The largest absolute Gasteiger partial charge is 0.480 e. The van der Waals surface area contributed by atoms with Crippen molar-refractivity contribution in [3.8, 4) is 0 Å². The maximum absolute atomic E-state index is 11.9. The van der Waals surface area contributed by atoms with E-state index in [4.69, 9.17) is 5.11 Å². The van der Waals surface area contributed by atoms with Gasteiger partial charge in [0.2, 0.25) is 5.91 Å². The Morgan fingerprint density at radius 2 is 2.00 bits per heavy atom. The van der Waals surface area contributed by atoms with Crippen LogP contribution in [0.1, 0.15) is 45.2 Å². The summed E-state index contributed by atoms with van der Waals surface area (Å²) in [6, 6.07) is 4.27. The molecule has 1 aromatic rings. The molecule has 0 spiro atoms. The molecule has 0 saturated carbocycles. The molecule has 6 nitrogen and oxygen atoms in total. The summed E-state index contributed by atoms with van der Waals surface area (Å²) in [5, 5.41) is 11.7. The van der Waals surface area contributed by atoms with Crippen molar-refractivity contribution < 1.29 is 14.7 Å². The number of hydrogen-bond donors (Lipinski definition) is 2. The monoisotopic (exact) mass is 322 g/mol. The molecule has 1 aromatic heterocycles. The molecule has 0 fully saturated rings. The Morgan fingerprint density at radius 3 is 2.57 bits per heavy atom. The predicted octanol–water partition coefficient (Wildman–Crippen LogP) is 1.94. The first kappa shape index (κ1) is 18.9. The van der Waals surface area contributed by atoms with Gasteiger partial charge in [0.25, 0.3) is 5.56 Å². The van der Waals surface area contributed by atoms with Crippen LogP contribution < -0.4 is 10.9 Å². The van der Waals surface area contributed by atoms with Crippen LogP contribution in [-0.2, 0) is 16.1 Å². The lowest BCUT2D eigenvalue weighted by atomic mass is 9.99. The first-order chi connectivity index (χ1) is 10.9. The number of nitrogens with zero attached hydrogens (tertiary/aromatic N) is 1. The summed E-state index contributed by atoms with van der Waals surface area (Å²) in [6.45, 7) is 6.14. The third-order valence-electron chi connectivity index (χ3n) is 4.10. The van der Waals surface area contributed by atoms with Crippen LogP contribution in [0.2, 0.25) is 0 Å². The fourth-order valence-corrected chi connectivity index (χ4v) is 2.39. The van der Waals surface area contributed by atoms with Gasteiger partial charge in [-0.1, -0.05) is 26.3 Å². The molecule has 2 atom stereocenters. The van der Waals surface area contributed by atoms with E-state index in [-0.39, 0.29) is 23.8 Å². The number of nitrogens with one attached hydrogen (secondary N) is 1. The average molecular weight is 322 g/mol. The summed E-state index contributed by atoms with van der Waals surface area (Å²) in [5.74, 6) is -1.36. The summed E-state index contributed by atoms with van der Waals surface area (Å²) in [4.78, 5) is 34.8. The number of carbonyl (C=O) groups is 2. The van der Waals surface area contributed by atoms with Crippen LogP contribution in [0.15, 0.2) is 23.0 Å². The number of unbranched alkanes of at least 4 members (excludes halogenated alkanes) is 1. The zero-order valence-corrected chi connectivity index (χ0v) is 14.0. The number of aliphatic carboxylic acids is 1. The van der Waals surface area contributed by atoms with E-state index in [9.17, 15) is 14.4 Å². The number of aromatic nitrogens is 1. The van der Waals surface area contributed by atoms with Gasteiger partial charge in [-0.2, -0.15) is 0 Å². The van der Waals surface area contributed by atoms with Crippen molar-refractivity contribution in [1.82, 2.24) is 9.88 Å². The van der Waals surface area contributed by atoms with Crippen molar-refractivity contribution in [2.75, 3.05) is 0 Å². The summed E-state index contributed by atoms with van der Waals surface area (Å²) < 4.78 is 1.68. The number of amides is 1. The first-order valence-electron chi connectivity index (χ1n) is 8.05. The third kappa shape index (κ3) is 5.88. The Kier molecular flexibility index (Phi) is 7.51. The highest BCUT2D eigenvalue weighted by Crippen LogP contribution is 2.09. The number of pyridine rings is 1.